The lowest BCUT2D eigenvalue weighted by Crippen LogP contribution is -2.28. The molecular formula is C40H37ClN2O6S. The van der Waals surface area contributed by atoms with E-state index >= 15 is 0 Å². The predicted molar refractivity (Wildman–Crippen MR) is 196 cm³/mol. The molecule has 1 heterocycles. The molecule has 0 amide bonds. The molecule has 0 bridgehead atoms. The lowest BCUT2D eigenvalue weighted by molar-refractivity contribution is 0.0697. The van der Waals surface area contributed by atoms with Gasteiger partial charge in [-0.15, -0.1) is 0 Å². The molecular weight excluding hydrogens is 672 g/mol. The number of nitrogens with one attached hydrogen (secondary N) is 1. The van der Waals surface area contributed by atoms with Crippen molar-refractivity contribution in [2.24, 2.45) is 0 Å². The number of sulfonamides is 1. The molecule has 10 heteroatoms. The number of aromatic nitrogens is 1. The van der Waals surface area contributed by atoms with Crippen LogP contribution in [0.5, 0.6) is 11.5 Å². The third-order valence-corrected chi connectivity index (χ3v) is 10.4. The molecule has 0 saturated heterocycles. The number of hydrogen-bond donors (Lipinski definition) is 2. The largest absolute Gasteiger partial charge is 0.495 e. The molecule has 0 saturated carbocycles. The predicted octanol–water partition coefficient (Wildman–Crippen LogP) is 8.09. The van der Waals surface area contributed by atoms with E-state index in [-0.39, 0.29) is 28.8 Å². The lowest BCUT2D eigenvalue weighted by atomic mass is 9.97. The Hall–Kier alpha value is -5.09. The van der Waals surface area contributed by atoms with Gasteiger partial charge in [-0.2, -0.15) is 0 Å². The highest BCUT2D eigenvalue weighted by Gasteiger charge is 2.26. The molecule has 0 spiro atoms. The highest BCUT2D eigenvalue weighted by molar-refractivity contribution is 7.89. The standard InChI is InChI=1S/C40H37ClN2O6S/c1-27-13-20-38(37(25-27)48-2)50(46,47)42-23-21-36-33(22-24-49-32-17-14-30(15-18-32)40(44)45)34-26-31(41)16-19-35(34)43(36)39(28-9-5-3-6-10-28)29-11-7-4-8-12-29/h3-20,25-26,39,42H,21-24H2,1-2H3,(H,44,45). The number of benzene rings is 5. The summed E-state index contributed by atoms with van der Waals surface area (Å²) < 4.78 is 43.8. The maximum atomic E-state index is 13.6. The average molecular weight is 709 g/mol. The van der Waals surface area contributed by atoms with Gasteiger partial charge < -0.3 is 19.1 Å². The van der Waals surface area contributed by atoms with Gasteiger partial charge in [-0.25, -0.2) is 17.9 Å². The van der Waals surface area contributed by atoms with Crippen LogP contribution in [-0.2, 0) is 22.9 Å². The van der Waals surface area contributed by atoms with Crippen LogP contribution in [-0.4, -0.2) is 44.3 Å². The minimum atomic E-state index is -3.91. The van der Waals surface area contributed by atoms with E-state index < -0.39 is 16.0 Å². The summed E-state index contributed by atoms with van der Waals surface area (Å²) in [6.45, 7) is 2.28. The van der Waals surface area contributed by atoms with Gasteiger partial charge in [0.25, 0.3) is 0 Å². The maximum Gasteiger partial charge on any atom is 0.335 e. The van der Waals surface area contributed by atoms with Gasteiger partial charge in [-0.1, -0.05) is 78.3 Å². The Morgan fingerprint density at radius 3 is 2.14 bits per heavy atom. The molecule has 50 heavy (non-hydrogen) atoms. The number of halogens is 1. The van der Waals surface area contributed by atoms with Crippen LogP contribution < -0.4 is 14.2 Å². The van der Waals surface area contributed by atoms with Crippen molar-refractivity contribution in [3.63, 3.8) is 0 Å². The first-order valence-electron chi connectivity index (χ1n) is 16.2. The first-order chi connectivity index (χ1) is 24.2. The summed E-state index contributed by atoms with van der Waals surface area (Å²) >= 11 is 6.62. The summed E-state index contributed by atoms with van der Waals surface area (Å²) in [7, 11) is -2.45. The molecule has 0 atom stereocenters. The van der Waals surface area contributed by atoms with Crippen LogP contribution in [0.4, 0.5) is 0 Å². The zero-order valence-electron chi connectivity index (χ0n) is 27.7. The fraction of sp³-hybridized carbons (Fsp3) is 0.175. The molecule has 1 aromatic heterocycles. The zero-order chi connectivity index (χ0) is 35.3. The first-order valence-corrected chi connectivity index (χ1v) is 18.0. The van der Waals surface area contributed by atoms with Crippen molar-refractivity contribution >= 4 is 38.5 Å². The van der Waals surface area contributed by atoms with E-state index in [2.05, 4.69) is 33.6 Å². The van der Waals surface area contributed by atoms with Crippen LogP contribution >= 0.6 is 11.6 Å². The van der Waals surface area contributed by atoms with E-state index in [1.807, 2.05) is 61.5 Å². The first kappa shape index (κ1) is 34.8. The zero-order valence-corrected chi connectivity index (χ0v) is 29.2. The van der Waals surface area contributed by atoms with Gasteiger partial charge >= 0.3 is 5.97 Å². The molecule has 0 aliphatic heterocycles. The van der Waals surface area contributed by atoms with E-state index in [4.69, 9.17) is 21.1 Å². The summed E-state index contributed by atoms with van der Waals surface area (Å²) in [6, 6.07) is 37.3. The summed E-state index contributed by atoms with van der Waals surface area (Å²) in [5, 5.41) is 10.8. The number of carboxylic acids is 1. The van der Waals surface area contributed by atoms with Crippen LogP contribution in [0.3, 0.4) is 0 Å². The maximum absolute atomic E-state index is 13.6. The molecule has 2 N–H and O–H groups in total. The molecule has 0 unspecified atom stereocenters. The summed E-state index contributed by atoms with van der Waals surface area (Å²) in [4.78, 5) is 11.4. The fourth-order valence-corrected chi connectivity index (χ4v) is 7.71. The number of fused-ring (bicyclic) bond motifs is 1. The number of rotatable bonds is 14. The second kappa shape index (κ2) is 15.2. The third-order valence-electron chi connectivity index (χ3n) is 8.66. The number of hydrogen-bond acceptors (Lipinski definition) is 5. The van der Waals surface area contributed by atoms with Crippen molar-refractivity contribution < 1.29 is 27.8 Å². The van der Waals surface area contributed by atoms with Crippen LogP contribution in [0, 0.1) is 6.92 Å². The smallest absolute Gasteiger partial charge is 0.335 e. The van der Waals surface area contributed by atoms with Crippen molar-refractivity contribution in [3.05, 3.63) is 160 Å². The van der Waals surface area contributed by atoms with Gasteiger partial charge in [0.15, 0.2) is 0 Å². The van der Waals surface area contributed by atoms with E-state index in [1.54, 1.807) is 30.3 Å². The molecule has 0 aliphatic carbocycles. The SMILES string of the molecule is COc1cc(C)ccc1S(=O)(=O)NCCc1c(CCOc2ccc(C(=O)O)cc2)c2cc(Cl)ccc2n1C(c1ccccc1)c1ccccc1. The van der Waals surface area contributed by atoms with Crippen molar-refractivity contribution in [2.75, 3.05) is 20.3 Å². The van der Waals surface area contributed by atoms with Crippen molar-refractivity contribution in [2.45, 2.75) is 30.7 Å². The van der Waals surface area contributed by atoms with E-state index in [0.717, 1.165) is 38.9 Å². The number of methoxy groups -OCH3 is 1. The van der Waals surface area contributed by atoms with Crippen molar-refractivity contribution in [3.8, 4) is 11.5 Å². The van der Waals surface area contributed by atoms with Gasteiger partial charge in [0, 0.05) is 41.0 Å². The molecule has 8 nitrogen and oxygen atoms in total. The molecule has 6 rings (SSSR count). The second-order valence-electron chi connectivity index (χ2n) is 11.9. The number of carbonyl (C=O) groups is 1. The number of ether oxygens (including phenoxy) is 2. The third kappa shape index (κ3) is 7.55. The highest BCUT2D eigenvalue weighted by atomic mass is 35.5. The van der Waals surface area contributed by atoms with Crippen LogP contribution in [0.2, 0.25) is 5.02 Å². The summed E-state index contributed by atoms with van der Waals surface area (Å²) in [5.41, 5.74) is 6.07. The highest BCUT2D eigenvalue weighted by Crippen LogP contribution is 2.38. The van der Waals surface area contributed by atoms with Crippen LogP contribution in [0.25, 0.3) is 10.9 Å². The Morgan fingerprint density at radius 1 is 0.860 bits per heavy atom. The number of aromatic carboxylic acids is 1. The summed E-state index contributed by atoms with van der Waals surface area (Å²) in [5.74, 6) is -0.179. The molecule has 0 fully saturated rings. The number of nitrogens with zero attached hydrogens (tertiary/aromatic N) is 1. The fourth-order valence-electron chi connectivity index (χ4n) is 6.36. The van der Waals surface area contributed by atoms with E-state index in [9.17, 15) is 18.3 Å². The van der Waals surface area contributed by atoms with Gasteiger partial charge in [0.2, 0.25) is 10.0 Å². The van der Waals surface area contributed by atoms with Crippen molar-refractivity contribution in [1.82, 2.24) is 9.29 Å². The molecule has 0 aliphatic rings. The Bertz CT molecular complexity index is 2180. The Labute approximate surface area is 296 Å². The second-order valence-corrected chi connectivity index (χ2v) is 14.1. The molecule has 6 aromatic rings. The van der Waals surface area contributed by atoms with Gasteiger partial charge in [-0.05, 0) is 83.8 Å². The van der Waals surface area contributed by atoms with Crippen molar-refractivity contribution in [1.29, 1.82) is 0 Å². The summed E-state index contributed by atoms with van der Waals surface area (Å²) in [6.07, 6.45) is 0.840. The molecule has 256 valence electrons. The quantitative estimate of drug-likeness (QED) is 0.119. The minimum Gasteiger partial charge on any atom is -0.495 e. The Kier molecular flexibility index (Phi) is 10.6. The number of aryl methyl sites for hydroxylation is 1. The molecule has 5 aromatic carbocycles. The topological polar surface area (TPSA) is 107 Å². The lowest BCUT2D eigenvalue weighted by Gasteiger charge is -2.25. The van der Waals surface area contributed by atoms with E-state index in [1.165, 1.54) is 19.2 Å². The number of carboxylic acid groups (broad SMARTS) is 1. The van der Waals surface area contributed by atoms with Crippen LogP contribution in [0.15, 0.2) is 126 Å². The Balaban J connectivity index is 1.43. The van der Waals surface area contributed by atoms with Gasteiger partial charge in [0.1, 0.15) is 16.4 Å². The monoisotopic (exact) mass is 708 g/mol. The van der Waals surface area contributed by atoms with Crippen LogP contribution in [0.1, 0.15) is 44.3 Å². The van der Waals surface area contributed by atoms with Gasteiger partial charge in [0.05, 0.1) is 25.3 Å². The normalized spacial score (nSPS) is 11.6. The van der Waals surface area contributed by atoms with E-state index in [0.29, 0.717) is 30.2 Å². The molecule has 0 radical (unpaired) electrons. The average Bonchev–Trinajstić information content (AvgIpc) is 3.40. The van der Waals surface area contributed by atoms with Gasteiger partial charge in [-0.3, -0.25) is 0 Å². The minimum absolute atomic E-state index is 0.0758. The Morgan fingerprint density at radius 2 is 1.52 bits per heavy atom.